The Morgan fingerprint density at radius 2 is 1.87 bits per heavy atom. The molecule has 0 spiro atoms. The maximum absolute atomic E-state index is 13.4. The summed E-state index contributed by atoms with van der Waals surface area (Å²) < 4.78 is 16.9. The monoisotopic (exact) mass is 407 g/mol. The highest BCUT2D eigenvalue weighted by Gasteiger charge is 2.34. The van der Waals surface area contributed by atoms with Gasteiger partial charge in [-0.1, -0.05) is 42.5 Å². The third-order valence-electron chi connectivity index (χ3n) is 5.13. The van der Waals surface area contributed by atoms with Gasteiger partial charge in [-0.3, -0.25) is 9.59 Å². The van der Waals surface area contributed by atoms with E-state index in [-0.39, 0.29) is 30.7 Å². The van der Waals surface area contributed by atoms with E-state index in [1.165, 1.54) is 6.08 Å². The van der Waals surface area contributed by atoms with Gasteiger partial charge in [-0.2, -0.15) is 0 Å². The Balaban J connectivity index is 1.59. The SMILES string of the molecule is CC1(C)CC(=O)C=C(C(=O)N(CCc2ccccc2)Cc2cccc3c2OCO3)O1. The van der Waals surface area contributed by atoms with Gasteiger partial charge in [-0.15, -0.1) is 0 Å². The number of ketones is 1. The summed E-state index contributed by atoms with van der Waals surface area (Å²) >= 11 is 0. The van der Waals surface area contributed by atoms with Gasteiger partial charge in [0.15, 0.2) is 23.0 Å². The van der Waals surface area contributed by atoms with Crippen molar-refractivity contribution in [2.24, 2.45) is 0 Å². The first-order valence-corrected chi connectivity index (χ1v) is 10.1. The van der Waals surface area contributed by atoms with Gasteiger partial charge in [-0.05, 0) is 31.9 Å². The lowest BCUT2D eigenvalue weighted by Crippen LogP contribution is -2.40. The van der Waals surface area contributed by atoms with E-state index in [1.807, 2.05) is 62.4 Å². The Kier molecular flexibility index (Phi) is 5.48. The number of hydrogen-bond donors (Lipinski definition) is 0. The van der Waals surface area contributed by atoms with Gasteiger partial charge in [0.1, 0.15) is 5.60 Å². The maximum Gasteiger partial charge on any atom is 0.289 e. The number of benzene rings is 2. The lowest BCUT2D eigenvalue weighted by Gasteiger charge is -2.32. The quantitative estimate of drug-likeness (QED) is 0.732. The molecule has 0 aromatic heterocycles. The molecule has 0 bridgehead atoms. The molecule has 0 saturated heterocycles. The number of hydrogen-bond acceptors (Lipinski definition) is 5. The number of allylic oxidation sites excluding steroid dienone is 1. The van der Waals surface area contributed by atoms with E-state index in [0.29, 0.717) is 31.0 Å². The van der Waals surface area contributed by atoms with Gasteiger partial charge in [0.05, 0.1) is 0 Å². The fraction of sp³-hybridized carbons (Fsp3) is 0.333. The summed E-state index contributed by atoms with van der Waals surface area (Å²) in [5.41, 5.74) is 1.28. The first-order valence-electron chi connectivity index (χ1n) is 10.1. The molecule has 6 heteroatoms. The van der Waals surface area contributed by atoms with Crippen molar-refractivity contribution >= 4 is 11.7 Å². The third-order valence-corrected chi connectivity index (χ3v) is 5.13. The second-order valence-electron chi connectivity index (χ2n) is 8.13. The number of carbonyl (C=O) groups excluding carboxylic acids is 2. The number of nitrogens with zero attached hydrogens (tertiary/aromatic N) is 1. The highest BCUT2D eigenvalue weighted by atomic mass is 16.7. The van der Waals surface area contributed by atoms with Gasteiger partial charge >= 0.3 is 0 Å². The van der Waals surface area contributed by atoms with Crippen LogP contribution in [0.4, 0.5) is 0 Å². The van der Waals surface area contributed by atoms with Crippen molar-refractivity contribution in [2.45, 2.75) is 38.8 Å². The zero-order valence-corrected chi connectivity index (χ0v) is 17.2. The number of carbonyl (C=O) groups is 2. The first-order chi connectivity index (χ1) is 14.4. The molecule has 1 amide bonds. The van der Waals surface area contributed by atoms with Crippen LogP contribution in [0.3, 0.4) is 0 Å². The van der Waals surface area contributed by atoms with Crippen LogP contribution in [-0.2, 0) is 27.3 Å². The Bertz CT molecular complexity index is 980. The molecule has 0 saturated carbocycles. The van der Waals surface area contributed by atoms with E-state index in [9.17, 15) is 9.59 Å². The molecule has 2 aliphatic rings. The van der Waals surface area contributed by atoms with Crippen molar-refractivity contribution in [3.05, 3.63) is 71.5 Å². The zero-order chi connectivity index (χ0) is 21.1. The van der Waals surface area contributed by atoms with Crippen LogP contribution in [0.15, 0.2) is 60.4 Å². The molecule has 2 heterocycles. The normalized spacial score (nSPS) is 16.6. The third kappa shape index (κ3) is 4.48. The lowest BCUT2D eigenvalue weighted by molar-refractivity contribution is -0.138. The molecule has 6 nitrogen and oxygen atoms in total. The summed E-state index contributed by atoms with van der Waals surface area (Å²) in [5.74, 6) is 1.02. The Morgan fingerprint density at radius 3 is 2.63 bits per heavy atom. The molecular formula is C24H25NO5. The van der Waals surface area contributed by atoms with Gasteiger partial charge in [0.25, 0.3) is 5.91 Å². The zero-order valence-electron chi connectivity index (χ0n) is 17.2. The fourth-order valence-electron chi connectivity index (χ4n) is 3.72. The largest absolute Gasteiger partial charge is 0.481 e. The summed E-state index contributed by atoms with van der Waals surface area (Å²) in [6, 6.07) is 15.6. The molecule has 30 heavy (non-hydrogen) atoms. The van der Waals surface area contributed by atoms with E-state index < -0.39 is 5.60 Å². The van der Waals surface area contributed by atoms with Gasteiger partial charge in [0.2, 0.25) is 6.79 Å². The van der Waals surface area contributed by atoms with Crippen molar-refractivity contribution in [3.63, 3.8) is 0 Å². The van der Waals surface area contributed by atoms with Crippen LogP contribution in [0.1, 0.15) is 31.4 Å². The Labute approximate surface area is 176 Å². The summed E-state index contributed by atoms with van der Waals surface area (Å²) in [7, 11) is 0. The number of para-hydroxylation sites is 1. The molecule has 0 radical (unpaired) electrons. The summed E-state index contributed by atoms with van der Waals surface area (Å²) in [6.07, 6.45) is 2.26. The van der Waals surface area contributed by atoms with E-state index in [0.717, 1.165) is 11.1 Å². The number of ether oxygens (including phenoxy) is 3. The highest BCUT2D eigenvalue weighted by molar-refractivity contribution is 6.01. The average Bonchev–Trinajstić information content (AvgIpc) is 3.19. The Hall–Kier alpha value is -3.28. The molecule has 2 aliphatic heterocycles. The van der Waals surface area contributed by atoms with E-state index in [4.69, 9.17) is 14.2 Å². The highest BCUT2D eigenvalue weighted by Crippen LogP contribution is 2.36. The number of rotatable bonds is 6. The predicted molar refractivity (Wildman–Crippen MR) is 111 cm³/mol. The smallest absolute Gasteiger partial charge is 0.289 e. The minimum atomic E-state index is -0.702. The molecular weight excluding hydrogens is 382 g/mol. The molecule has 0 atom stereocenters. The van der Waals surface area contributed by atoms with Crippen molar-refractivity contribution in [1.29, 1.82) is 0 Å². The van der Waals surface area contributed by atoms with E-state index >= 15 is 0 Å². The minimum absolute atomic E-state index is 0.0917. The van der Waals surface area contributed by atoms with Crippen LogP contribution < -0.4 is 9.47 Å². The van der Waals surface area contributed by atoms with E-state index in [2.05, 4.69) is 0 Å². The molecule has 0 unspecified atom stereocenters. The van der Waals surface area contributed by atoms with Crippen LogP contribution in [0, 0.1) is 0 Å². The summed E-state index contributed by atoms with van der Waals surface area (Å²) in [5, 5.41) is 0. The standard InChI is InChI=1S/C24H25NO5/c1-24(2)14-19(26)13-21(30-24)23(27)25(12-11-17-7-4-3-5-8-17)15-18-9-6-10-20-22(18)29-16-28-20/h3-10,13H,11-12,14-16H2,1-2H3. The molecule has 0 aliphatic carbocycles. The van der Waals surface area contributed by atoms with Crippen LogP contribution in [0.2, 0.25) is 0 Å². The molecule has 156 valence electrons. The van der Waals surface area contributed by atoms with Crippen molar-refractivity contribution in [1.82, 2.24) is 4.90 Å². The van der Waals surface area contributed by atoms with Crippen molar-refractivity contribution in [2.75, 3.05) is 13.3 Å². The minimum Gasteiger partial charge on any atom is -0.481 e. The number of amides is 1. The van der Waals surface area contributed by atoms with Crippen LogP contribution in [0.5, 0.6) is 11.5 Å². The maximum atomic E-state index is 13.4. The summed E-state index contributed by atoms with van der Waals surface area (Å²) in [4.78, 5) is 27.2. The molecule has 4 rings (SSSR count). The topological polar surface area (TPSA) is 65.1 Å². The van der Waals surface area contributed by atoms with Crippen LogP contribution >= 0.6 is 0 Å². The van der Waals surface area contributed by atoms with Crippen molar-refractivity contribution < 1.29 is 23.8 Å². The summed E-state index contributed by atoms with van der Waals surface area (Å²) in [6.45, 7) is 4.60. The molecule has 0 fully saturated rings. The predicted octanol–water partition coefficient (Wildman–Crippen LogP) is 3.64. The van der Waals surface area contributed by atoms with Gasteiger partial charge < -0.3 is 19.1 Å². The van der Waals surface area contributed by atoms with Gasteiger partial charge in [-0.25, -0.2) is 0 Å². The lowest BCUT2D eigenvalue weighted by atomic mass is 9.98. The molecule has 0 N–H and O–H groups in total. The second kappa shape index (κ2) is 8.22. The fourth-order valence-corrected chi connectivity index (χ4v) is 3.72. The molecule has 2 aromatic rings. The van der Waals surface area contributed by atoms with E-state index in [1.54, 1.807) is 4.90 Å². The first kappa shape index (κ1) is 20.0. The average molecular weight is 407 g/mol. The Morgan fingerprint density at radius 1 is 1.07 bits per heavy atom. The van der Waals surface area contributed by atoms with Gasteiger partial charge in [0, 0.05) is 31.1 Å². The van der Waals surface area contributed by atoms with Crippen molar-refractivity contribution in [3.8, 4) is 11.5 Å². The number of fused-ring (bicyclic) bond motifs is 1. The second-order valence-corrected chi connectivity index (χ2v) is 8.13. The van der Waals surface area contributed by atoms with Crippen LogP contribution in [0.25, 0.3) is 0 Å². The molecule has 2 aromatic carbocycles. The van der Waals surface area contributed by atoms with Crippen LogP contribution in [-0.4, -0.2) is 35.5 Å².